The van der Waals surface area contributed by atoms with Crippen LogP contribution in [0.3, 0.4) is 0 Å². The van der Waals surface area contributed by atoms with Crippen molar-refractivity contribution in [3.8, 4) is 0 Å². The van der Waals surface area contributed by atoms with Gasteiger partial charge in [-0.2, -0.15) is 0 Å². The number of ether oxygens (including phenoxy) is 1. The van der Waals surface area contributed by atoms with Crippen molar-refractivity contribution in [1.82, 2.24) is 4.90 Å². The van der Waals surface area contributed by atoms with Crippen LogP contribution in [-0.2, 0) is 32.2 Å². The molecule has 2 aliphatic rings. The Morgan fingerprint density at radius 1 is 1.35 bits per heavy atom. The van der Waals surface area contributed by atoms with Crippen LogP contribution in [0.15, 0.2) is 6.07 Å². The number of nitrogens with zero attached hydrogens (tertiary/aromatic N) is 1. The predicted octanol–water partition coefficient (Wildman–Crippen LogP) is 2.21. The fourth-order valence-electron chi connectivity index (χ4n) is 3.71. The number of rotatable bonds is 5. The van der Waals surface area contributed by atoms with E-state index in [1.54, 1.807) is 6.92 Å². The number of thiophene rings is 1. The molecule has 144 valence electrons. The van der Waals surface area contributed by atoms with Gasteiger partial charge in [0.1, 0.15) is 4.88 Å². The maximum absolute atomic E-state index is 12.7. The molecule has 0 N–H and O–H groups in total. The fraction of sp³-hybridized carbons (Fsp3) is 0.667. The van der Waals surface area contributed by atoms with E-state index in [1.165, 1.54) is 26.7 Å². The van der Waals surface area contributed by atoms with E-state index >= 15 is 0 Å². The summed E-state index contributed by atoms with van der Waals surface area (Å²) in [6.07, 6.45) is 3.80. The Morgan fingerprint density at radius 2 is 2.08 bits per heavy atom. The summed E-state index contributed by atoms with van der Waals surface area (Å²) in [7, 11) is -3.08. The van der Waals surface area contributed by atoms with Crippen LogP contribution in [0.1, 0.15) is 53.2 Å². The van der Waals surface area contributed by atoms with E-state index in [0.29, 0.717) is 17.8 Å². The molecular formula is C18H25NO5S2. The van der Waals surface area contributed by atoms with E-state index in [0.717, 1.165) is 25.7 Å². The minimum atomic E-state index is -3.08. The van der Waals surface area contributed by atoms with Gasteiger partial charge in [0.15, 0.2) is 15.9 Å². The van der Waals surface area contributed by atoms with Gasteiger partial charge in [0, 0.05) is 17.5 Å². The van der Waals surface area contributed by atoms with Crippen molar-refractivity contribution in [2.75, 3.05) is 18.1 Å². The Morgan fingerprint density at radius 3 is 2.69 bits per heavy atom. The largest absolute Gasteiger partial charge is 0.448 e. The summed E-state index contributed by atoms with van der Waals surface area (Å²) >= 11 is 1.46. The van der Waals surface area contributed by atoms with Crippen LogP contribution < -0.4 is 0 Å². The van der Waals surface area contributed by atoms with Gasteiger partial charge in [0.05, 0.1) is 11.5 Å². The Kier molecular flexibility index (Phi) is 5.72. The summed E-state index contributed by atoms with van der Waals surface area (Å²) in [6.45, 7) is 3.76. The summed E-state index contributed by atoms with van der Waals surface area (Å²) < 4.78 is 28.8. The minimum absolute atomic E-state index is 0.00904. The number of carbonyl (C=O) groups is 2. The Hall–Kier alpha value is -1.41. The molecule has 26 heavy (non-hydrogen) atoms. The van der Waals surface area contributed by atoms with Crippen LogP contribution in [0, 0.1) is 0 Å². The van der Waals surface area contributed by atoms with Gasteiger partial charge in [0.25, 0.3) is 5.91 Å². The normalized spacial score (nSPS) is 22.5. The summed E-state index contributed by atoms with van der Waals surface area (Å²) in [5.74, 6) is -0.703. The SMILES string of the molecule is CCN(C(=O)[C@@H](C)OC(=O)c1cc2c(s1)CCCC2)[C@H]1CCS(=O)(=O)C1. The number of hydrogen-bond acceptors (Lipinski definition) is 6. The number of aryl methyl sites for hydroxylation is 2. The standard InChI is InChI=1S/C18H25NO5S2/c1-3-19(14-8-9-26(22,23)11-14)17(20)12(2)24-18(21)16-10-13-6-4-5-7-15(13)25-16/h10,12,14H,3-9,11H2,1-2H3/t12-,14+/m1/s1. The van der Waals surface area contributed by atoms with Gasteiger partial charge < -0.3 is 9.64 Å². The second-order valence-electron chi connectivity index (χ2n) is 6.99. The van der Waals surface area contributed by atoms with Crippen LogP contribution in [0.4, 0.5) is 0 Å². The second kappa shape index (κ2) is 7.68. The second-order valence-corrected chi connectivity index (χ2v) is 10.4. The van der Waals surface area contributed by atoms with Gasteiger partial charge in [-0.15, -0.1) is 11.3 Å². The first-order valence-electron chi connectivity index (χ1n) is 9.14. The number of amides is 1. The van der Waals surface area contributed by atoms with E-state index in [4.69, 9.17) is 4.74 Å². The van der Waals surface area contributed by atoms with Gasteiger partial charge in [-0.1, -0.05) is 0 Å². The molecule has 1 amide bonds. The summed E-state index contributed by atoms with van der Waals surface area (Å²) in [4.78, 5) is 28.4. The van der Waals surface area contributed by atoms with E-state index in [-0.39, 0.29) is 23.5 Å². The molecule has 0 bridgehead atoms. The summed E-state index contributed by atoms with van der Waals surface area (Å²) in [6, 6.07) is 1.56. The molecule has 1 fully saturated rings. The van der Waals surface area contributed by atoms with Crippen molar-refractivity contribution in [2.45, 2.75) is 58.1 Å². The van der Waals surface area contributed by atoms with Crippen molar-refractivity contribution in [1.29, 1.82) is 0 Å². The lowest BCUT2D eigenvalue weighted by molar-refractivity contribution is -0.141. The molecule has 1 aliphatic carbocycles. The molecule has 8 heteroatoms. The van der Waals surface area contributed by atoms with E-state index in [1.807, 2.05) is 13.0 Å². The van der Waals surface area contributed by atoms with E-state index < -0.39 is 21.9 Å². The molecule has 0 saturated carbocycles. The smallest absolute Gasteiger partial charge is 0.349 e. The van der Waals surface area contributed by atoms with Crippen molar-refractivity contribution in [3.63, 3.8) is 0 Å². The fourth-order valence-corrected chi connectivity index (χ4v) is 6.58. The lowest BCUT2D eigenvalue weighted by Gasteiger charge is -2.29. The number of sulfone groups is 1. The maximum Gasteiger partial charge on any atom is 0.349 e. The first kappa shape index (κ1) is 19.4. The maximum atomic E-state index is 12.7. The summed E-state index contributed by atoms with van der Waals surface area (Å²) in [5.41, 5.74) is 1.22. The first-order chi connectivity index (χ1) is 12.3. The highest BCUT2D eigenvalue weighted by Gasteiger charge is 2.36. The third-order valence-corrected chi connectivity index (χ3v) is 8.07. The summed E-state index contributed by atoms with van der Waals surface area (Å²) in [5, 5.41) is 0. The van der Waals surface area contributed by atoms with Crippen molar-refractivity contribution in [2.24, 2.45) is 0 Å². The van der Waals surface area contributed by atoms with Gasteiger partial charge in [-0.05, 0) is 57.6 Å². The van der Waals surface area contributed by atoms with Crippen LogP contribution in [0.25, 0.3) is 0 Å². The molecular weight excluding hydrogens is 374 g/mol. The average Bonchev–Trinajstić information content (AvgIpc) is 3.18. The van der Waals surface area contributed by atoms with E-state index in [9.17, 15) is 18.0 Å². The van der Waals surface area contributed by atoms with Gasteiger partial charge in [0.2, 0.25) is 0 Å². The molecule has 2 atom stereocenters. The molecule has 0 radical (unpaired) electrons. The van der Waals surface area contributed by atoms with Gasteiger partial charge in [-0.3, -0.25) is 4.79 Å². The number of esters is 1. The van der Waals surface area contributed by atoms with Crippen molar-refractivity contribution < 1.29 is 22.7 Å². The van der Waals surface area contributed by atoms with Crippen LogP contribution >= 0.6 is 11.3 Å². The predicted molar refractivity (Wildman–Crippen MR) is 100 cm³/mol. The number of fused-ring (bicyclic) bond motifs is 1. The third kappa shape index (κ3) is 4.11. The quantitative estimate of drug-likeness (QED) is 0.709. The Balaban J connectivity index is 1.64. The van der Waals surface area contributed by atoms with Crippen LogP contribution in [-0.4, -0.2) is 55.4 Å². The molecule has 0 aromatic carbocycles. The Labute approximate surface area is 158 Å². The molecule has 2 heterocycles. The highest BCUT2D eigenvalue weighted by molar-refractivity contribution is 7.91. The molecule has 1 aliphatic heterocycles. The lowest BCUT2D eigenvalue weighted by Crippen LogP contribution is -2.46. The third-order valence-electron chi connectivity index (χ3n) is 5.10. The highest BCUT2D eigenvalue weighted by atomic mass is 32.2. The Bertz CT molecular complexity index is 775. The molecule has 6 nitrogen and oxygen atoms in total. The molecule has 0 spiro atoms. The van der Waals surface area contributed by atoms with Crippen LogP contribution in [0.5, 0.6) is 0 Å². The lowest BCUT2D eigenvalue weighted by atomic mass is 9.99. The minimum Gasteiger partial charge on any atom is -0.448 e. The number of carbonyl (C=O) groups excluding carboxylic acids is 2. The first-order valence-corrected chi connectivity index (χ1v) is 11.8. The van der Waals surface area contributed by atoms with Crippen molar-refractivity contribution >= 4 is 33.1 Å². The van der Waals surface area contributed by atoms with E-state index in [2.05, 4.69) is 0 Å². The molecule has 3 rings (SSSR count). The number of hydrogen-bond donors (Lipinski definition) is 0. The zero-order valence-corrected chi connectivity index (χ0v) is 16.8. The number of likely N-dealkylation sites (N-methyl/N-ethyl adjacent to an activating group) is 1. The average molecular weight is 400 g/mol. The van der Waals surface area contributed by atoms with Gasteiger partial charge >= 0.3 is 5.97 Å². The zero-order valence-electron chi connectivity index (χ0n) is 15.2. The highest BCUT2D eigenvalue weighted by Crippen LogP contribution is 2.30. The zero-order chi connectivity index (χ0) is 18.9. The topological polar surface area (TPSA) is 80.8 Å². The van der Waals surface area contributed by atoms with Gasteiger partial charge in [-0.25, -0.2) is 13.2 Å². The monoisotopic (exact) mass is 399 g/mol. The molecule has 1 aromatic heterocycles. The molecule has 0 unspecified atom stereocenters. The molecule has 1 saturated heterocycles. The van der Waals surface area contributed by atoms with Crippen molar-refractivity contribution in [3.05, 3.63) is 21.4 Å². The van der Waals surface area contributed by atoms with Crippen LogP contribution in [0.2, 0.25) is 0 Å². The molecule has 1 aromatic rings.